The minimum absolute atomic E-state index is 0.169. The molecule has 0 fully saturated rings. The second-order valence-electron chi connectivity index (χ2n) is 6.06. The van der Waals surface area contributed by atoms with Gasteiger partial charge in [-0.25, -0.2) is 0 Å². The number of azo groups is 1. The van der Waals surface area contributed by atoms with Crippen LogP contribution in [0.3, 0.4) is 0 Å². The number of para-hydroxylation sites is 1. The Labute approximate surface area is 167 Å². The fourth-order valence-corrected chi connectivity index (χ4v) is 3.52. The molecule has 0 heterocycles. The van der Waals surface area contributed by atoms with Crippen LogP contribution in [0, 0.1) is 0 Å². The number of anilines is 1. The molecule has 0 saturated heterocycles. The van der Waals surface area contributed by atoms with Gasteiger partial charge in [-0.2, -0.15) is 8.42 Å². The van der Waals surface area contributed by atoms with Crippen LogP contribution in [0.15, 0.2) is 93.3 Å². The van der Waals surface area contributed by atoms with E-state index in [0.717, 1.165) is 0 Å². The second kappa shape index (κ2) is 8.21. The minimum Gasteiger partial charge on any atom is -0.510 e. The molecule has 148 valence electrons. The molecule has 1 amide bonds. The first kappa shape index (κ1) is 20.2. The van der Waals surface area contributed by atoms with Crippen molar-refractivity contribution in [2.24, 2.45) is 10.2 Å². The number of allylic oxidation sites excluding steroid dienone is 1. The first-order chi connectivity index (χ1) is 13.8. The zero-order valence-corrected chi connectivity index (χ0v) is 16.1. The Balaban J connectivity index is 2.02. The summed E-state index contributed by atoms with van der Waals surface area (Å²) in [7, 11) is -4.63. The number of hydrogen-bond donors (Lipinski definition) is 3. The van der Waals surface area contributed by atoms with Gasteiger partial charge in [0.15, 0.2) is 5.70 Å². The molecule has 0 atom stereocenters. The molecule has 3 rings (SSSR count). The molecular formula is C20H17N3O5S. The van der Waals surface area contributed by atoms with Gasteiger partial charge in [0.2, 0.25) is 0 Å². The zero-order chi connectivity index (χ0) is 21.0. The Morgan fingerprint density at radius 1 is 0.966 bits per heavy atom. The lowest BCUT2D eigenvalue weighted by Crippen LogP contribution is -2.14. The van der Waals surface area contributed by atoms with Crippen LogP contribution in [0.2, 0.25) is 0 Å². The number of nitrogens with one attached hydrogen (secondary N) is 1. The molecule has 8 nitrogen and oxygen atoms in total. The van der Waals surface area contributed by atoms with Crippen LogP contribution in [0.5, 0.6) is 0 Å². The standard InChI is InChI=1S/C20H17N3O5S/c1-13(24)18(20(25)21-15-8-3-2-4-9-15)23-22-17-12-11-14-7-5-6-10-16(14)19(17)29(26,27)28/h2-12,24H,1H3,(H,21,25)(H,26,27,28)/b18-13+,23-22?. The molecule has 0 spiro atoms. The molecule has 0 bridgehead atoms. The number of rotatable bonds is 5. The van der Waals surface area contributed by atoms with E-state index < -0.39 is 32.4 Å². The second-order valence-corrected chi connectivity index (χ2v) is 7.42. The highest BCUT2D eigenvalue weighted by Gasteiger charge is 2.20. The molecule has 0 aromatic heterocycles. The molecule has 0 unspecified atom stereocenters. The van der Waals surface area contributed by atoms with Crippen LogP contribution >= 0.6 is 0 Å². The quantitative estimate of drug-likeness (QED) is 0.245. The van der Waals surface area contributed by atoms with E-state index in [9.17, 15) is 22.9 Å². The fraction of sp³-hybridized carbons (Fsp3) is 0.0500. The van der Waals surface area contributed by atoms with E-state index in [1.807, 2.05) is 0 Å². The Bertz CT molecular complexity index is 1230. The molecule has 0 aliphatic heterocycles. The van der Waals surface area contributed by atoms with Crippen LogP contribution in [0.1, 0.15) is 6.92 Å². The summed E-state index contributed by atoms with van der Waals surface area (Å²) >= 11 is 0. The third-order valence-electron chi connectivity index (χ3n) is 3.96. The van der Waals surface area contributed by atoms with Crippen molar-refractivity contribution in [3.63, 3.8) is 0 Å². The summed E-state index contributed by atoms with van der Waals surface area (Å²) in [5, 5.41) is 20.8. The summed E-state index contributed by atoms with van der Waals surface area (Å²) in [5.74, 6) is -1.13. The van der Waals surface area contributed by atoms with E-state index in [1.165, 1.54) is 19.1 Å². The van der Waals surface area contributed by atoms with Gasteiger partial charge >= 0.3 is 0 Å². The van der Waals surface area contributed by atoms with Gasteiger partial charge in [-0.15, -0.1) is 10.2 Å². The van der Waals surface area contributed by atoms with Crippen molar-refractivity contribution in [1.29, 1.82) is 0 Å². The van der Waals surface area contributed by atoms with Gasteiger partial charge < -0.3 is 10.4 Å². The van der Waals surface area contributed by atoms with Crippen LogP contribution in [0.4, 0.5) is 11.4 Å². The van der Waals surface area contributed by atoms with Crippen molar-refractivity contribution in [1.82, 2.24) is 0 Å². The first-order valence-corrected chi connectivity index (χ1v) is 9.88. The normalized spacial score (nSPS) is 12.8. The van der Waals surface area contributed by atoms with E-state index in [0.29, 0.717) is 11.1 Å². The van der Waals surface area contributed by atoms with Gasteiger partial charge in [0.1, 0.15) is 16.3 Å². The average Bonchev–Trinajstić information content (AvgIpc) is 2.67. The van der Waals surface area contributed by atoms with E-state index in [1.54, 1.807) is 54.6 Å². The maximum Gasteiger partial charge on any atom is 0.297 e. The molecule has 3 aromatic carbocycles. The molecule has 29 heavy (non-hydrogen) atoms. The third-order valence-corrected chi connectivity index (χ3v) is 4.91. The van der Waals surface area contributed by atoms with E-state index in [-0.39, 0.29) is 11.1 Å². The SMILES string of the molecule is C/C(O)=C(\N=Nc1ccc2ccccc2c1S(=O)(=O)O)C(=O)Nc1ccccc1. The number of fused-ring (bicyclic) bond motifs is 1. The lowest BCUT2D eigenvalue weighted by Gasteiger charge is -2.08. The van der Waals surface area contributed by atoms with Gasteiger partial charge in [-0.05, 0) is 30.5 Å². The van der Waals surface area contributed by atoms with Crippen molar-refractivity contribution in [3.05, 3.63) is 78.2 Å². The summed E-state index contributed by atoms with van der Waals surface area (Å²) in [4.78, 5) is 12.0. The van der Waals surface area contributed by atoms with Gasteiger partial charge in [-0.3, -0.25) is 9.35 Å². The van der Waals surface area contributed by atoms with Crippen LogP contribution in [0.25, 0.3) is 10.8 Å². The Hall–Kier alpha value is -3.56. The Morgan fingerprint density at radius 3 is 2.28 bits per heavy atom. The minimum atomic E-state index is -4.63. The van der Waals surface area contributed by atoms with Gasteiger partial charge in [0.05, 0.1) is 0 Å². The number of nitrogens with zero attached hydrogens (tertiary/aromatic N) is 2. The Morgan fingerprint density at radius 2 is 1.62 bits per heavy atom. The highest BCUT2D eigenvalue weighted by Crippen LogP contribution is 2.33. The van der Waals surface area contributed by atoms with Crippen LogP contribution in [-0.2, 0) is 14.9 Å². The molecule has 0 aliphatic rings. The van der Waals surface area contributed by atoms with Crippen molar-refractivity contribution in [3.8, 4) is 0 Å². The molecule has 3 aromatic rings. The first-order valence-electron chi connectivity index (χ1n) is 8.44. The van der Waals surface area contributed by atoms with E-state index >= 15 is 0 Å². The van der Waals surface area contributed by atoms with Gasteiger partial charge in [0, 0.05) is 11.1 Å². The number of carbonyl (C=O) groups excluding carboxylic acids is 1. The summed E-state index contributed by atoms with van der Waals surface area (Å²) in [5.41, 5.74) is -0.0865. The number of aliphatic hydroxyl groups excluding tert-OH is 1. The number of amides is 1. The summed E-state index contributed by atoms with van der Waals surface area (Å²) in [6.07, 6.45) is 0. The van der Waals surface area contributed by atoms with Crippen LogP contribution < -0.4 is 5.32 Å². The maximum atomic E-state index is 12.4. The third kappa shape index (κ3) is 4.65. The number of benzene rings is 3. The van der Waals surface area contributed by atoms with Crippen molar-refractivity contribution >= 4 is 38.2 Å². The molecule has 3 N–H and O–H groups in total. The van der Waals surface area contributed by atoms with Crippen LogP contribution in [-0.4, -0.2) is 24.0 Å². The van der Waals surface area contributed by atoms with Crippen molar-refractivity contribution < 1.29 is 22.9 Å². The molecule has 9 heteroatoms. The highest BCUT2D eigenvalue weighted by atomic mass is 32.2. The Kier molecular flexibility index (Phi) is 5.71. The van der Waals surface area contributed by atoms with Crippen molar-refractivity contribution in [2.75, 3.05) is 5.32 Å². The average molecular weight is 411 g/mol. The van der Waals surface area contributed by atoms with Gasteiger partial charge in [0.25, 0.3) is 16.0 Å². The topological polar surface area (TPSA) is 128 Å². The van der Waals surface area contributed by atoms with E-state index in [2.05, 4.69) is 15.5 Å². The summed E-state index contributed by atoms with van der Waals surface area (Å²) in [6.45, 7) is 1.25. The van der Waals surface area contributed by atoms with Gasteiger partial charge in [-0.1, -0.05) is 48.5 Å². The molecule has 0 saturated carbocycles. The summed E-state index contributed by atoms with van der Waals surface area (Å²) < 4.78 is 33.5. The maximum absolute atomic E-state index is 12.4. The molecule has 0 aliphatic carbocycles. The number of carbonyl (C=O) groups is 1. The molecule has 0 radical (unpaired) electrons. The monoisotopic (exact) mass is 411 g/mol. The van der Waals surface area contributed by atoms with E-state index in [4.69, 9.17) is 0 Å². The largest absolute Gasteiger partial charge is 0.510 e. The zero-order valence-electron chi connectivity index (χ0n) is 15.3. The lowest BCUT2D eigenvalue weighted by molar-refractivity contribution is -0.113. The smallest absolute Gasteiger partial charge is 0.297 e. The fourth-order valence-electron chi connectivity index (χ4n) is 2.68. The van der Waals surface area contributed by atoms with Crippen molar-refractivity contribution in [2.45, 2.75) is 11.8 Å². The summed E-state index contributed by atoms with van der Waals surface area (Å²) in [6, 6.07) is 18.0. The number of aliphatic hydroxyl groups is 1. The molecular weight excluding hydrogens is 394 g/mol. The predicted molar refractivity (Wildman–Crippen MR) is 109 cm³/mol. The lowest BCUT2D eigenvalue weighted by atomic mass is 10.1. The predicted octanol–water partition coefficient (Wildman–Crippen LogP) is 4.60. The number of hydrogen-bond acceptors (Lipinski definition) is 6. The highest BCUT2D eigenvalue weighted by molar-refractivity contribution is 7.86.